The van der Waals surface area contributed by atoms with Gasteiger partial charge in [-0.15, -0.1) is 0 Å². The summed E-state index contributed by atoms with van der Waals surface area (Å²) in [6.45, 7) is 2.26. The molecule has 1 aliphatic heterocycles. The maximum absolute atomic E-state index is 12.3. The molecule has 1 fully saturated rings. The highest BCUT2D eigenvalue weighted by Crippen LogP contribution is 2.21. The predicted molar refractivity (Wildman–Crippen MR) is 70.3 cm³/mol. The molecular formula is C13H21F3N4. The monoisotopic (exact) mass is 290 g/mol. The maximum atomic E-state index is 12.3. The van der Waals surface area contributed by atoms with Crippen molar-refractivity contribution in [3.8, 4) is 0 Å². The molecule has 1 unspecified atom stereocenters. The molecule has 0 radical (unpaired) electrons. The van der Waals surface area contributed by atoms with Crippen molar-refractivity contribution in [3.05, 3.63) is 18.2 Å². The van der Waals surface area contributed by atoms with Crippen LogP contribution < -0.4 is 5.32 Å². The molecular weight excluding hydrogens is 269 g/mol. The van der Waals surface area contributed by atoms with Crippen LogP contribution in [-0.2, 0) is 0 Å². The number of alkyl halides is 3. The van der Waals surface area contributed by atoms with E-state index in [0.717, 1.165) is 25.1 Å². The average Bonchev–Trinajstić information content (AvgIpc) is 2.90. The summed E-state index contributed by atoms with van der Waals surface area (Å²) in [4.78, 5) is 8.80. The number of piperidine rings is 1. The van der Waals surface area contributed by atoms with E-state index < -0.39 is 12.7 Å². The number of likely N-dealkylation sites (tertiary alicyclic amines) is 1. The first-order chi connectivity index (χ1) is 9.48. The fourth-order valence-electron chi connectivity index (χ4n) is 2.65. The van der Waals surface area contributed by atoms with E-state index in [4.69, 9.17) is 0 Å². The molecule has 4 nitrogen and oxygen atoms in total. The number of nitrogens with zero attached hydrogens (tertiary/aromatic N) is 2. The number of rotatable bonds is 5. The van der Waals surface area contributed by atoms with Gasteiger partial charge >= 0.3 is 6.18 Å². The lowest BCUT2D eigenvalue weighted by Gasteiger charge is -2.34. The molecule has 7 heteroatoms. The summed E-state index contributed by atoms with van der Waals surface area (Å²) in [5, 5.41) is 3.49. The Labute approximate surface area is 116 Å². The molecule has 1 aromatic heterocycles. The van der Waals surface area contributed by atoms with E-state index in [9.17, 15) is 13.2 Å². The molecule has 2 heterocycles. The third-order valence-corrected chi connectivity index (χ3v) is 3.69. The SMILES string of the molecule is CCC(NC1CCN(CC(F)(F)F)CC1)c1ncc[nH]1. The van der Waals surface area contributed by atoms with Crippen LogP contribution in [0.25, 0.3) is 0 Å². The van der Waals surface area contributed by atoms with Gasteiger partial charge in [-0.25, -0.2) is 4.98 Å². The van der Waals surface area contributed by atoms with Gasteiger partial charge in [0, 0.05) is 18.4 Å². The summed E-state index contributed by atoms with van der Waals surface area (Å²) in [6, 6.07) is 0.402. The topological polar surface area (TPSA) is 44.0 Å². The average molecular weight is 290 g/mol. The van der Waals surface area contributed by atoms with E-state index in [1.807, 2.05) is 0 Å². The van der Waals surface area contributed by atoms with E-state index in [0.29, 0.717) is 13.1 Å². The number of hydrogen-bond donors (Lipinski definition) is 2. The van der Waals surface area contributed by atoms with Crippen LogP contribution >= 0.6 is 0 Å². The molecule has 114 valence electrons. The van der Waals surface area contributed by atoms with Crippen LogP contribution in [0, 0.1) is 0 Å². The van der Waals surface area contributed by atoms with Gasteiger partial charge in [-0.1, -0.05) is 6.92 Å². The van der Waals surface area contributed by atoms with Crippen molar-refractivity contribution in [1.29, 1.82) is 0 Å². The van der Waals surface area contributed by atoms with Crippen molar-refractivity contribution in [2.75, 3.05) is 19.6 Å². The predicted octanol–water partition coefficient (Wildman–Crippen LogP) is 2.48. The highest BCUT2D eigenvalue weighted by molar-refractivity contribution is 4.96. The molecule has 20 heavy (non-hydrogen) atoms. The number of nitrogens with one attached hydrogen (secondary N) is 2. The van der Waals surface area contributed by atoms with Gasteiger partial charge in [0.15, 0.2) is 0 Å². The minimum atomic E-state index is -4.10. The maximum Gasteiger partial charge on any atom is 0.401 e. The van der Waals surface area contributed by atoms with Gasteiger partial charge in [0.2, 0.25) is 0 Å². The number of halogens is 3. The molecule has 1 saturated heterocycles. The highest BCUT2D eigenvalue weighted by Gasteiger charge is 2.32. The zero-order valence-corrected chi connectivity index (χ0v) is 11.6. The quantitative estimate of drug-likeness (QED) is 0.875. The van der Waals surface area contributed by atoms with Crippen LogP contribution in [0.5, 0.6) is 0 Å². The first kappa shape index (κ1) is 15.3. The second kappa shape index (κ2) is 6.58. The Balaban J connectivity index is 1.79. The summed E-state index contributed by atoms with van der Waals surface area (Å²) >= 11 is 0. The summed E-state index contributed by atoms with van der Waals surface area (Å²) in [5.41, 5.74) is 0. The van der Waals surface area contributed by atoms with E-state index in [1.165, 1.54) is 4.90 Å². The zero-order chi connectivity index (χ0) is 14.6. The van der Waals surface area contributed by atoms with Crippen LogP contribution in [0.15, 0.2) is 12.4 Å². The number of hydrogen-bond acceptors (Lipinski definition) is 3. The van der Waals surface area contributed by atoms with Crippen LogP contribution in [0.1, 0.15) is 38.1 Å². The van der Waals surface area contributed by atoms with Crippen molar-refractivity contribution < 1.29 is 13.2 Å². The minimum absolute atomic E-state index is 0.143. The zero-order valence-electron chi connectivity index (χ0n) is 11.6. The molecule has 0 spiro atoms. The third-order valence-electron chi connectivity index (χ3n) is 3.69. The summed E-state index contributed by atoms with van der Waals surface area (Å²) < 4.78 is 37.0. The summed E-state index contributed by atoms with van der Waals surface area (Å²) in [5.74, 6) is 0.894. The second-order valence-electron chi connectivity index (χ2n) is 5.27. The molecule has 2 rings (SSSR count). The van der Waals surface area contributed by atoms with Gasteiger partial charge in [0.05, 0.1) is 12.6 Å². The first-order valence-electron chi connectivity index (χ1n) is 7.02. The molecule has 0 aliphatic carbocycles. The van der Waals surface area contributed by atoms with Crippen molar-refractivity contribution >= 4 is 0 Å². The normalized spacial score (nSPS) is 20.2. The molecule has 0 bridgehead atoms. The Morgan fingerprint density at radius 2 is 2.15 bits per heavy atom. The lowest BCUT2D eigenvalue weighted by atomic mass is 10.0. The number of aromatic amines is 1. The van der Waals surface area contributed by atoms with Crippen molar-refractivity contribution in [3.63, 3.8) is 0 Å². The highest BCUT2D eigenvalue weighted by atomic mass is 19.4. The fourth-order valence-corrected chi connectivity index (χ4v) is 2.65. The van der Waals surface area contributed by atoms with Crippen LogP contribution in [0.4, 0.5) is 13.2 Å². The van der Waals surface area contributed by atoms with Gasteiger partial charge < -0.3 is 10.3 Å². The summed E-state index contributed by atoms with van der Waals surface area (Å²) in [6.07, 6.45) is 1.79. The van der Waals surface area contributed by atoms with Gasteiger partial charge in [0.25, 0.3) is 0 Å². The van der Waals surface area contributed by atoms with Crippen LogP contribution in [0.2, 0.25) is 0 Å². The van der Waals surface area contributed by atoms with Gasteiger partial charge in [-0.05, 0) is 32.4 Å². The van der Waals surface area contributed by atoms with Crippen LogP contribution in [-0.4, -0.2) is 46.7 Å². The Kier molecular flexibility index (Phi) is 5.04. The van der Waals surface area contributed by atoms with Crippen molar-refractivity contribution in [2.24, 2.45) is 0 Å². The van der Waals surface area contributed by atoms with E-state index in [2.05, 4.69) is 22.2 Å². The molecule has 1 aliphatic rings. The van der Waals surface area contributed by atoms with Gasteiger partial charge in [0.1, 0.15) is 5.82 Å². The molecule has 0 aromatic carbocycles. The lowest BCUT2D eigenvalue weighted by Crippen LogP contribution is -2.46. The summed E-state index contributed by atoms with van der Waals surface area (Å²) in [7, 11) is 0. The molecule has 0 saturated carbocycles. The van der Waals surface area contributed by atoms with Gasteiger partial charge in [-0.2, -0.15) is 13.2 Å². The van der Waals surface area contributed by atoms with Crippen molar-refractivity contribution in [1.82, 2.24) is 20.2 Å². The van der Waals surface area contributed by atoms with Gasteiger partial charge in [-0.3, -0.25) is 4.90 Å². The smallest absolute Gasteiger partial charge is 0.347 e. The molecule has 0 amide bonds. The van der Waals surface area contributed by atoms with Crippen LogP contribution in [0.3, 0.4) is 0 Å². The van der Waals surface area contributed by atoms with Crippen molar-refractivity contribution in [2.45, 2.75) is 44.4 Å². The number of aromatic nitrogens is 2. The fraction of sp³-hybridized carbons (Fsp3) is 0.769. The Hall–Kier alpha value is -1.08. The molecule has 1 aromatic rings. The Morgan fingerprint density at radius 1 is 1.45 bits per heavy atom. The number of imidazole rings is 1. The largest absolute Gasteiger partial charge is 0.401 e. The van der Waals surface area contributed by atoms with E-state index in [-0.39, 0.29) is 12.1 Å². The Morgan fingerprint density at radius 3 is 2.65 bits per heavy atom. The van der Waals surface area contributed by atoms with E-state index >= 15 is 0 Å². The first-order valence-corrected chi connectivity index (χ1v) is 7.02. The lowest BCUT2D eigenvalue weighted by molar-refractivity contribution is -0.148. The Bertz CT molecular complexity index is 383. The molecule has 1 atom stereocenters. The third kappa shape index (κ3) is 4.49. The standard InChI is InChI=1S/C13H21F3N4/c1-2-11(12-17-5-6-18-12)19-10-3-7-20(8-4-10)9-13(14,15)16/h5-6,10-11,19H,2-4,7-9H2,1H3,(H,17,18). The number of H-pyrrole nitrogens is 1. The molecule has 2 N–H and O–H groups in total. The van der Waals surface area contributed by atoms with E-state index in [1.54, 1.807) is 12.4 Å². The minimum Gasteiger partial charge on any atom is -0.347 e. The second-order valence-corrected chi connectivity index (χ2v) is 5.27.